The summed E-state index contributed by atoms with van der Waals surface area (Å²) in [5, 5.41) is 0. The van der Waals surface area contributed by atoms with E-state index in [1.165, 1.54) is 11.1 Å². The topological polar surface area (TPSA) is 20.1 Å². The lowest BCUT2D eigenvalue weighted by Gasteiger charge is -2.03. The molecule has 0 N–H and O–H groups in total. The fourth-order valence-electron chi connectivity index (χ4n) is 1.93. The van der Waals surface area contributed by atoms with Crippen molar-refractivity contribution >= 4 is 0 Å². The molecule has 0 saturated carbocycles. The van der Waals surface area contributed by atoms with Crippen LogP contribution >= 0.6 is 0 Å². The normalized spacial score (nSPS) is 10.2. The van der Waals surface area contributed by atoms with Gasteiger partial charge >= 0.3 is 0 Å². The Morgan fingerprint density at radius 2 is 1.53 bits per heavy atom. The van der Waals surface area contributed by atoms with Crippen LogP contribution in [0.25, 0.3) is 0 Å². The Bertz CT molecular complexity index is 505. The van der Waals surface area contributed by atoms with Crippen molar-refractivity contribution in [2.75, 3.05) is 7.05 Å². The molecule has 0 bridgehead atoms. The highest BCUT2D eigenvalue weighted by atomic mass is 16.3. The third-order valence-electron chi connectivity index (χ3n) is 2.65. The lowest BCUT2D eigenvalue weighted by atomic mass is 10.0. The van der Waals surface area contributed by atoms with E-state index >= 15 is 0 Å². The zero-order valence-electron chi connectivity index (χ0n) is 9.97. The summed E-state index contributed by atoms with van der Waals surface area (Å²) >= 11 is 0. The molecule has 17 heavy (non-hydrogen) atoms. The third-order valence-corrected chi connectivity index (χ3v) is 2.65. The molecule has 0 radical (unpaired) electrons. The summed E-state index contributed by atoms with van der Waals surface area (Å²) < 4.78 is 0.946. The predicted octanol–water partition coefficient (Wildman–Crippen LogP) is 3.19. The molecule has 0 heterocycles. The van der Waals surface area contributed by atoms with Crippen molar-refractivity contribution in [3.05, 3.63) is 76.2 Å². The van der Waals surface area contributed by atoms with Gasteiger partial charge in [-0.15, -0.1) is 0 Å². The largest absolute Gasteiger partial charge is 0.216 e. The van der Waals surface area contributed by atoms with Gasteiger partial charge in [-0.05, 0) is 28.4 Å². The minimum absolute atomic E-state index is 0.447. The van der Waals surface area contributed by atoms with Crippen molar-refractivity contribution in [2.24, 2.45) is 0 Å². The summed E-state index contributed by atoms with van der Waals surface area (Å²) in [6, 6.07) is 18.5. The number of benzene rings is 2. The average molecular weight is 226 g/mol. The molecule has 0 atom stereocenters. The first-order valence-electron chi connectivity index (χ1n) is 5.74. The van der Waals surface area contributed by atoms with E-state index in [0.717, 1.165) is 16.7 Å². The Morgan fingerprint density at radius 3 is 2.24 bits per heavy atom. The summed E-state index contributed by atoms with van der Waals surface area (Å²) in [5.41, 5.74) is 3.60. The second-order valence-corrected chi connectivity index (χ2v) is 4.27. The van der Waals surface area contributed by atoms with Crippen LogP contribution in [0.2, 0.25) is 0 Å². The molecule has 0 amide bonds. The molecule has 2 nitrogen and oxygen atoms in total. The van der Waals surface area contributed by atoms with Gasteiger partial charge in [0.25, 0.3) is 0 Å². The first-order chi connectivity index (χ1) is 8.24. The molecular weight excluding hydrogens is 210 g/mol. The maximum Gasteiger partial charge on any atom is 0.216 e. The van der Waals surface area contributed by atoms with E-state index in [9.17, 15) is 4.91 Å². The summed E-state index contributed by atoms with van der Waals surface area (Å²) in [7, 11) is 1.55. The van der Waals surface area contributed by atoms with Crippen molar-refractivity contribution < 1.29 is 4.76 Å². The first kappa shape index (κ1) is 11.5. The minimum atomic E-state index is 0.447. The van der Waals surface area contributed by atoms with Crippen molar-refractivity contribution in [1.29, 1.82) is 0 Å². The van der Waals surface area contributed by atoms with Crippen LogP contribution in [0.5, 0.6) is 0 Å². The SMILES string of the molecule is C[N+](=O)Cc1cccc(Cc2ccccc2)c1. The van der Waals surface area contributed by atoms with Crippen LogP contribution in [0.15, 0.2) is 54.6 Å². The van der Waals surface area contributed by atoms with E-state index in [4.69, 9.17) is 0 Å². The van der Waals surface area contributed by atoms with Crippen LogP contribution in [0.3, 0.4) is 0 Å². The highest BCUT2D eigenvalue weighted by Gasteiger charge is 2.03. The quantitative estimate of drug-likeness (QED) is 0.733. The molecule has 0 fully saturated rings. The van der Waals surface area contributed by atoms with Gasteiger partial charge in [-0.3, -0.25) is 0 Å². The molecule has 2 rings (SSSR count). The summed E-state index contributed by atoms with van der Waals surface area (Å²) in [4.78, 5) is 11.0. The van der Waals surface area contributed by atoms with E-state index < -0.39 is 0 Å². The lowest BCUT2D eigenvalue weighted by molar-refractivity contribution is -0.535. The monoisotopic (exact) mass is 226 g/mol. The molecule has 86 valence electrons. The first-order valence-corrected chi connectivity index (χ1v) is 5.74. The van der Waals surface area contributed by atoms with Gasteiger partial charge in [0.2, 0.25) is 6.54 Å². The maximum atomic E-state index is 11.0. The summed E-state index contributed by atoms with van der Waals surface area (Å²) in [6.45, 7) is 0.447. The Balaban J connectivity index is 2.14. The Morgan fingerprint density at radius 1 is 0.882 bits per heavy atom. The Kier molecular flexibility index (Phi) is 3.66. The van der Waals surface area contributed by atoms with Crippen molar-refractivity contribution in [2.45, 2.75) is 13.0 Å². The van der Waals surface area contributed by atoms with Crippen LogP contribution in [0.4, 0.5) is 0 Å². The molecular formula is C15H16NO+. The maximum absolute atomic E-state index is 11.0. The van der Waals surface area contributed by atoms with Gasteiger partial charge in [-0.1, -0.05) is 48.5 Å². The molecule has 0 unspecified atom stereocenters. The molecule has 2 aromatic rings. The van der Waals surface area contributed by atoms with Crippen molar-refractivity contribution in [1.82, 2.24) is 0 Å². The number of hydrogen-bond acceptors (Lipinski definition) is 1. The molecule has 0 aliphatic rings. The number of nitroso groups, excluding NO2 is 1. The summed E-state index contributed by atoms with van der Waals surface area (Å²) in [5.74, 6) is 0. The van der Waals surface area contributed by atoms with Crippen molar-refractivity contribution in [3.8, 4) is 0 Å². The van der Waals surface area contributed by atoms with E-state index in [2.05, 4.69) is 24.3 Å². The third kappa shape index (κ3) is 3.52. The predicted molar refractivity (Wildman–Crippen MR) is 68.9 cm³/mol. The second-order valence-electron chi connectivity index (χ2n) is 4.27. The fraction of sp³-hybridized carbons (Fsp3) is 0.200. The molecule has 0 aromatic heterocycles. The average Bonchev–Trinajstić information content (AvgIpc) is 2.30. The summed E-state index contributed by atoms with van der Waals surface area (Å²) in [6.07, 6.45) is 0.914. The van der Waals surface area contributed by atoms with Crippen LogP contribution < -0.4 is 0 Å². The zero-order valence-corrected chi connectivity index (χ0v) is 9.97. The van der Waals surface area contributed by atoms with Gasteiger partial charge in [0, 0.05) is 10.5 Å². The molecule has 0 aliphatic carbocycles. The molecule has 2 aromatic carbocycles. The van der Waals surface area contributed by atoms with Gasteiger partial charge in [0.1, 0.15) is 0 Å². The Hall–Kier alpha value is -1.96. The second kappa shape index (κ2) is 5.39. The standard InChI is InChI=1S/C15H16NO/c1-16(17)12-15-9-5-8-14(11-15)10-13-6-3-2-4-7-13/h2-9,11H,10,12H2,1H3/q+1. The number of hydrogen-bond donors (Lipinski definition) is 0. The van der Waals surface area contributed by atoms with Crippen molar-refractivity contribution in [3.63, 3.8) is 0 Å². The highest BCUT2D eigenvalue weighted by molar-refractivity contribution is 5.29. The smallest absolute Gasteiger partial charge is 0.0622 e. The van der Waals surface area contributed by atoms with Gasteiger partial charge in [-0.25, -0.2) is 0 Å². The van der Waals surface area contributed by atoms with Gasteiger partial charge in [0.05, 0.1) is 0 Å². The molecule has 2 heteroatoms. The zero-order chi connectivity index (χ0) is 12.1. The Labute approximate surface area is 101 Å². The molecule has 0 spiro atoms. The van der Waals surface area contributed by atoms with E-state index in [-0.39, 0.29) is 0 Å². The van der Waals surface area contributed by atoms with Gasteiger partial charge < -0.3 is 0 Å². The van der Waals surface area contributed by atoms with E-state index in [1.807, 2.05) is 30.3 Å². The van der Waals surface area contributed by atoms with Crippen LogP contribution in [0.1, 0.15) is 16.7 Å². The lowest BCUT2D eigenvalue weighted by Crippen LogP contribution is -2.00. The van der Waals surface area contributed by atoms with Crippen LogP contribution in [-0.4, -0.2) is 11.8 Å². The number of rotatable bonds is 4. The highest BCUT2D eigenvalue weighted by Crippen LogP contribution is 2.11. The molecule has 0 aliphatic heterocycles. The van der Waals surface area contributed by atoms with E-state index in [0.29, 0.717) is 6.54 Å². The minimum Gasteiger partial charge on any atom is -0.0622 e. The van der Waals surface area contributed by atoms with E-state index in [1.54, 1.807) is 7.05 Å². The number of nitrogens with zero attached hydrogens (tertiary/aromatic N) is 1. The molecule has 0 saturated heterocycles. The van der Waals surface area contributed by atoms with Crippen LogP contribution in [-0.2, 0) is 13.0 Å². The van der Waals surface area contributed by atoms with Crippen LogP contribution in [0, 0.1) is 4.91 Å². The van der Waals surface area contributed by atoms with Gasteiger partial charge in [0.15, 0.2) is 7.05 Å². The van der Waals surface area contributed by atoms with Gasteiger partial charge in [-0.2, -0.15) is 0 Å². The fourth-order valence-corrected chi connectivity index (χ4v) is 1.93.